The molecule has 1 saturated heterocycles. The molecule has 7 heteroatoms. The van der Waals surface area contributed by atoms with Crippen molar-refractivity contribution in [3.8, 4) is 0 Å². The summed E-state index contributed by atoms with van der Waals surface area (Å²) in [5.41, 5.74) is 2.38. The zero-order chi connectivity index (χ0) is 21.1. The van der Waals surface area contributed by atoms with E-state index in [-0.39, 0.29) is 11.9 Å². The van der Waals surface area contributed by atoms with Gasteiger partial charge in [-0.3, -0.25) is 9.69 Å². The predicted octanol–water partition coefficient (Wildman–Crippen LogP) is 5.26. The maximum Gasteiger partial charge on any atom is 0.291 e. The number of rotatable bonds is 6. The minimum atomic E-state index is -0.211. The fourth-order valence-corrected chi connectivity index (χ4v) is 5.29. The molecule has 3 heterocycles. The summed E-state index contributed by atoms with van der Waals surface area (Å²) in [6, 6.07) is 14.3. The molecule has 1 amide bonds. The summed E-state index contributed by atoms with van der Waals surface area (Å²) in [5, 5.41) is 4.02. The number of halogens is 1. The molecule has 1 aromatic carbocycles. The first kappa shape index (κ1) is 21.3. The van der Waals surface area contributed by atoms with E-state index < -0.39 is 0 Å². The number of amides is 1. The smallest absolute Gasteiger partial charge is 0.291 e. The summed E-state index contributed by atoms with van der Waals surface area (Å²) in [7, 11) is 2.17. The van der Waals surface area contributed by atoms with Crippen molar-refractivity contribution >= 4 is 38.2 Å². The quantitative estimate of drug-likeness (QED) is 0.515. The van der Waals surface area contributed by atoms with Gasteiger partial charge >= 0.3 is 0 Å². The largest absolute Gasteiger partial charge is 0.459 e. The van der Waals surface area contributed by atoms with Crippen LogP contribution in [-0.4, -0.2) is 48.9 Å². The normalized spacial score (nSPS) is 16.5. The molecule has 158 valence electrons. The zero-order valence-electron chi connectivity index (χ0n) is 17.2. The molecule has 1 aliphatic heterocycles. The van der Waals surface area contributed by atoms with Crippen molar-refractivity contribution in [2.45, 2.75) is 19.4 Å². The molecule has 0 bridgehead atoms. The average Bonchev–Trinajstić information content (AvgIpc) is 3.40. The first-order chi connectivity index (χ1) is 14.5. The first-order valence-electron chi connectivity index (χ1n) is 10.2. The van der Waals surface area contributed by atoms with Crippen molar-refractivity contribution < 1.29 is 9.21 Å². The second-order valence-electron chi connectivity index (χ2n) is 7.58. The van der Waals surface area contributed by atoms with Crippen LogP contribution in [0.4, 0.5) is 5.00 Å². The van der Waals surface area contributed by atoms with Gasteiger partial charge < -0.3 is 14.6 Å². The van der Waals surface area contributed by atoms with E-state index in [1.54, 1.807) is 23.5 Å². The van der Waals surface area contributed by atoms with E-state index in [0.717, 1.165) is 47.6 Å². The van der Waals surface area contributed by atoms with Gasteiger partial charge in [0.15, 0.2) is 5.76 Å². The number of nitrogens with zero attached hydrogens (tertiary/aromatic N) is 2. The summed E-state index contributed by atoms with van der Waals surface area (Å²) in [4.78, 5) is 18.9. The molecule has 1 atom stereocenters. The Balaban J connectivity index is 1.74. The van der Waals surface area contributed by atoms with Crippen LogP contribution in [0.2, 0.25) is 0 Å². The highest BCUT2D eigenvalue weighted by Gasteiger charge is 2.29. The van der Waals surface area contributed by atoms with Crippen LogP contribution in [0.1, 0.15) is 39.5 Å². The molecular formula is C23H26BrN3O2S. The lowest BCUT2D eigenvalue weighted by Crippen LogP contribution is -2.46. The highest BCUT2D eigenvalue weighted by molar-refractivity contribution is 9.10. The second kappa shape index (κ2) is 9.47. The van der Waals surface area contributed by atoms with Crippen LogP contribution in [0.5, 0.6) is 0 Å². The number of hydrogen-bond donors (Lipinski definition) is 1. The van der Waals surface area contributed by atoms with Crippen molar-refractivity contribution in [3.63, 3.8) is 0 Å². The standard InChI is InChI=1S/C23H26BrN3O2S/c1-3-18-15-19(23(30-18)25-22(28)20-8-5-13-29-20)21(16-6-4-7-17(24)14-16)27-11-9-26(2)10-12-27/h4-8,13-15,21H,3,9-12H2,1-2H3,(H,25,28)/t21-/m0/s1. The molecule has 1 fully saturated rings. The topological polar surface area (TPSA) is 48.7 Å². The molecule has 0 aliphatic carbocycles. The van der Waals surface area contributed by atoms with E-state index in [4.69, 9.17) is 4.42 Å². The fraction of sp³-hybridized carbons (Fsp3) is 0.348. The van der Waals surface area contributed by atoms with Gasteiger partial charge in [0.2, 0.25) is 0 Å². The van der Waals surface area contributed by atoms with Crippen molar-refractivity contribution in [1.82, 2.24) is 9.80 Å². The zero-order valence-corrected chi connectivity index (χ0v) is 19.6. The monoisotopic (exact) mass is 487 g/mol. The third-order valence-corrected chi connectivity index (χ3v) is 7.20. The van der Waals surface area contributed by atoms with E-state index >= 15 is 0 Å². The fourth-order valence-electron chi connectivity index (χ4n) is 3.85. The van der Waals surface area contributed by atoms with Crippen molar-refractivity contribution in [1.29, 1.82) is 0 Å². The summed E-state index contributed by atoms with van der Waals surface area (Å²) in [6.45, 7) is 6.18. The minimum absolute atomic E-state index is 0.0830. The molecule has 0 radical (unpaired) electrons. The van der Waals surface area contributed by atoms with Gasteiger partial charge in [0.25, 0.3) is 5.91 Å². The molecule has 0 saturated carbocycles. The summed E-state index contributed by atoms with van der Waals surface area (Å²) < 4.78 is 6.36. The number of furan rings is 1. The molecule has 0 spiro atoms. The van der Waals surface area contributed by atoms with Crippen LogP contribution < -0.4 is 5.32 Å². The number of piperazine rings is 1. The second-order valence-corrected chi connectivity index (χ2v) is 9.63. The number of nitrogens with one attached hydrogen (secondary N) is 1. The third kappa shape index (κ3) is 4.70. The number of carbonyl (C=O) groups is 1. The van der Waals surface area contributed by atoms with Gasteiger partial charge in [0, 0.05) is 41.1 Å². The Morgan fingerprint density at radius 3 is 2.67 bits per heavy atom. The lowest BCUT2D eigenvalue weighted by molar-refractivity contribution is 0.0996. The number of carbonyl (C=O) groups excluding carboxylic acids is 1. The molecule has 4 rings (SSSR count). The van der Waals surface area contributed by atoms with Gasteiger partial charge in [-0.2, -0.15) is 0 Å². The minimum Gasteiger partial charge on any atom is -0.459 e. The van der Waals surface area contributed by atoms with E-state index in [0.29, 0.717) is 5.76 Å². The van der Waals surface area contributed by atoms with Gasteiger partial charge in [-0.15, -0.1) is 11.3 Å². The molecule has 3 aromatic rings. The Labute approximate surface area is 189 Å². The number of anilines is 1. The van der Waals surface area contributed by atoms with Gasteiger partial charge in [0.1, 0.15) is 5.00 Å². The summed E-state index contributed by atoms with van der Waals surface area (Å²) >= 11 is 5.29. The Morgan fingerprint density at radius 1 is 1.20 bits per heavy atom. The number of hydrogen-bond acceptors (Lipinski definition) is 5. The molecule has 0 unspecified atom stereocenters. The SMILES string of the molecule is CCc1cc([C@H](c2cccc(Br)c2)N2CCN(C)CC2)c(NC(=O)c2ccco2)s1. The molecule has 2 aromatic heterocycles. The number of likely N-dealkylation sites (N-methyl/N-ethyl adjacent to an activating group) is 1. The lowest BCUT2D eigenvalue weighted by atomic mass is 9.97. The van der Waals surface area contributed by atoms with Crippen LogP contribution in [-0.2, 0) is 6.42 Å². The average molecular weight is 488 g/mol. The highest BCUT2D eigenvalue weighted by Crippen LogP contribution is 2.40. The Kier molecular flexibility index (Phi) is 6.73. The van der Waals surface area contributed by atoms with Crippen LogP contribution in [0, 0.1) is 0 Å². The van der Waals surface area contributed by atoms with E-state index in [2.05, 4.69) is 75.3 Å². The first-order valence-corrected chi connectivity index (χ1v) is 11.8. The maximum absolute atomic E-state index is 12.7. The Hall–Kier alpha value is -1.93. The Morgan fingerprint density at radius 2 is 2.00 bits per heavy atom. The van der Waals surface area contributed by atoms with Crippen LogP contribution in [0.3, 0.4) is 0 Å². The number of aryl methyl sites for hydroxylation is 1. The third-order valence-electron chi connectivity index (χ3n) is 5.49. The lowest BCUT2D eigenvalue weighted by Gasteiger charge is -2.38. The number of benzene rings is 1. The number of thiophene rings is 1. The molecule has 5 nitrogen and oxygen atoms in total. The summed E-state index contributed by atoms with van der Waals surface area (Å²) in [5.74, 6) is 0.114. The van der Waals surface area contributed by atoms with E-state index in [9.17, 15) is 4.79 Å². The predicted molar refractivity (Wildman–Crippen MR) is 125 cm³/mol. The Bertz CT molecular complexity index is 994. The van der Waals surface area contributed by atoms with Gasteiger partial charge in [0.05, 0.1) is 12.3 Å². The van der Waals surface area contributed by atoms with Crippen LogP contribution >= 0.6 is 27.3 Å². The highest BCUT2D eigenvalue weighted by atomic mass is 79.9. The summed E-state index contributed by atoms with van der Waals surface area (Å²) in [6.07, 6.45) is 2.46. The molecule has 1 N–H and O–H groups in total. The van der Waals surface area contributed by atoms with Gasteiger partial charge in [-0.1, -0.05) is 35.0 Å². The van der Waals surface area contributed by atoms with Crippen molar-refractivity contribution in [3.05, 3.63) is 75.0 Å². The van der Waals surface area contributed by atoms with Crippen molar-refractivity contribution in [2.75, 3.05) is 38.5 Å². The van der Waals surface area contributed by atoms with E-state index in [1.165, 1.54) is 16.7 Å². The van der Waals surface area contributed by atoms with E-state index in [1.807, 2.05) is 0 Å². The van der Waals surface area contributed by atoms with Gasteiger partial charge in [-0.05, 0) is 49.4 Å². The molecule has 30 heavy (non-hydrogen) atoms. The molecular weight excluding hydrogens is 462 g/mol. The van der Waals surface area contributed by atoms with Crippen LogP contribution in [0.25, 0.3) is 0 Å². The van der Waals surface area contributed by atoms with Crippen LogP contribution in [0.15, 0.2) is 57.6 Å². The van der Waals surface area contributed by atoms with Gasteiger partial charge in [-0.25, -0.2) is 0 Å². The molecule has 1 aliphatic rings. The van der Waals surface area contributed by atoms with Crippen molar-refractivity contribution in [2.24, 2.45) is 0 Å². The maximum atomic E-state index is 12.7.